The molecule has 13 heavy (non-hydrogen) atoms. The molecule has 0 radical (unpaired) electrons. The van der Waals surface area contributed by atoms with Crippen molar-refractivity contribution in [2.75, 3.05) is 0 Å². The van der Waals surface area contributed by atoms with Gasteiger partial charge >= 0.3 is 0 Å². The van der Waals surface area contributed by atoms with Crippen LogP contribution in [0.1, 0.15) is 10.4 Å². The third kappa shape index (κ3) is 1.81. The van der Waals surface area contributed by atoms with Crippen LogP contribution in [0.15, 0.2) is 12.1 Å². The first-order chi connectivity index (χ1) is 6.06. The summed E-state index contributed by atoms with van der Waals surface area (Å²) in [7, 11) is 0. The van der Waals surface area contributed by atoms with E-state index in [-0.39, 0.29) is 11.8 Å². The molecule has 0 unspecified atom stereocenters. The smallest absolute Gasteiger partial charge is 0.273 e. The molecule has 0 saturated carbocycles. The van der Waals surface area contributed by atoms with E-state index < -0.39 is 21.5 Å². The molecule has 0 aliphatic heterocycles. The van der Waals surface area contributed by atoms with Gasteiger partial charge in [0.05, 0.1) is 16.0 Å². The fraction of sp³-hybridized carbons (Fsp3) is 0. The molecule has 0 aromatic heterocycles. The van der Waals surface area contributed by atoms with Crippen LogP contribution in [0.5, 0.6) is 0 Å². The first kappa shape index (κ1) is 9.60. The molecule has 0 spiro atoms. The summed E-state index contributed by atoms with van der Waals surface area (Å²) in [6.07, 6.45) is 0.262. The SMILES string of the molecule is O=Cc1cc([N+](=O)[O-])cc(F)c1Cl. The Kier molecular flexibility index (Phi) is 2.57. The predicted octanol–water partition coefficient (Wildman–Crippen LogP) is 2.20. The second-order valence-corrected chi connectivity index (χ2v) is 2.58. The molecular formula is C7H3ClFNO3. The van der Waals surface area contributed by atoms with Gasteiger partial charge in [-0.15, -0.1) is 0 Å². The van der Waals surface area contributed by atoms with Crippen LogP contribution >= 0.6 is 11.6 Å². The van der Waals surface area contributed by atoms with E-state index in [4.69, 9.17) is 11.6 Å². The third-order valence-corrected chi connectivity index (χ3v) is 1.78. The number of hydrogen-bond acceptors (Lipinski definition) is 3. The van der Waals surface area contributed by atoms with E-state index in [9.17, 15) is 19.3 Å². The van der Waals surface area contributed by atoms with E-state index in [1.165, 1.54) is 0 Å². The lowest BCUT2D eigenvalue weighted by Gasteiger charge is -1.97. The maximum Gasteiger partial charge on any atom is 0.273 e. The summed E-state index contributed by atoms with van der Waals surface area (Å²) in [4.78, 5) is 19.7. The Bertz CT molecular complexity index is 380. The van der Waals surface area contributed by atoms with Gasteiger partial charge in [0, 0.05) is 11.6 Å². The van der Waals surface area contributed by atoms with Crippen molar-refractivity contribution in [3.8, 4) is 0 Å². The average molecular weight is 204 g/mol. The Labute approximate surface area is 77.1 Å². The number of benzene rings is 1. The molecule has 0 aliphatic rings. The summed E-state index contributed by atoms with van der Waals surface area (Å²) in [6.45, 7) is 0. The second kappa shape index (κ2) is 3.49. The number of carbonyl (C=O) groups excluding carboxylic acids is 1. The van der Waals surface area contributed by atoms with Crippen LogP contribution in [0.3, 0.4) is 0 Å². The Balaban J connectivity index is 3.38. The van der Waals surface area contributed by atoms with Crippen molar-refractivity contribution in [3.63, 3.8) is 0 Å². The quantitative estimate of drug-likeness (QED) is 0.421. The van der Waals surface area contributed by atoms with Crippen molar-refractivity contribution in [1.82, 2.24) is 0 Å². The molecule has 4 nitrogen and oxygen atoms in total. The Morgan fingerprint density at radius 3 is 2.62 bits per heavy atom. The molecule has 0 amide bonds. The normalized spacial score (nSPS) is 9.69. The standard InChI is InChI=1S/C7H3ClFNO3/c8-7-4(3-11)1-5(10(12)13)2-6(7)9/h1-3H. The topological polar surface area (TPSA) is 60.2 Å². The number of nitrogens with zero attached hydrogens (tertiary/aromatic N) is 1. The van der Waals surface area contributed by atoms with E-state index in [1.807, 2.05) is 0 Å². The van der Waals surface area contributed by atoms with Gasteiger partial charge in [0.25, 0.3) is 5.69 Å². The van der Waals surface area contributed by atoms with Crippen molar-refractivity contribution in [2.24, 2.45) is 0 Å². The van der Waals surface area contributed by atoms with Crippen molar-refractivity contribution in [1.29, 1.82) is 0 Å². The summed E-state index contributed by atoms with van der Waals surface area (Å²) < 4.78 is 12.8. The van der Waals surface area contributed by atoms with Crippen LogP contribution in [-0.4, -0.2) is 11.2 Å². The Hall–Kier alpha value is -1.49. The van der Waals surface area contributed by atoms with Crippen LogP contribution < -0.4 is 0 Å². The molecule has 0 atom stereocenters. The molecule has 1 aromatic rings. The number of nitro groups is 1. The zero-order valence-corrected chi connectivity index (χ0v) is 6.92. The number of rotatable bonds is 2. The molecule has 0 heterocycles. The lowest BCUT2D eigenvalue weighted by molar-refractivity contribution is -0.385. The molecule has 0 aliphatic carbocycles. The van der Waals surface area contributed by atoms with Crippen LogP contribution in [0.4, 0.5) is 10.1 Å². The minimum atomic E-state index is -0.974. The number of non-ortho nitro benzene ring substituents is 1. The van der Waals surface area contributed by atoms with E-state index in [0.717, 1.165) is 6.07 Å². The van der Waals surface area contributed by atoms with Crippen molar-refractivity contribution in [2.45, 2.75) is 0 Å². The predicted molar refractivity (Wildman–Crippen MR) is 43.5 cm³/mol. The van der Waals surface area contributed by atoms with Gasteiger partial charge in [0.15, 0.2) is 6.29 Å². The van der Waals surface area contributed by atoms with E-state index >= 15 is 0 Å². The van der Waals surface area contributed by atoms with Crippen LogP contribution in [0, 0.1) is 15.9 Å². The minimum Gasteiger partial charge on any atom is -0.298 e. The van der Waals surface area contributed by atoms with Crippen molar-refractivity contribution >= 4 is 23.6 Å². The summed E-state index contributed by atoms with van der Waals surface area (Å²) in [6, 6.07) is 1.58. The summed E-state index contributed by atoms with van der Waals surface area (Å²) >= 11 is 5.34. The fourth-order valence-electron chi connectivity index (χ4n) is 0.787. The highest BCUT2D eigenvalue weighted by Crippen LogP contribution is 2.24. The summed E-state index contributed by atoms with van der Waals surface area (Å²) in [5.41, 5.74) is -0.725. The Morgan fingerprint density at radius 2 is 2.15 bits per heavy atom. The van der Waals surface area contributed by atoms with Crippen molar-refractivity contribution < 1.29 is 14.1 Å². The molecular weight excluding hydrogens is 201 g/mol. The van der Waals surface area contributed by atoms with Gasteiger partial charge in [-0.3, -0.25) is 14.9 Å². The first-order valence-corrected chi connectivity index (χ1v) is 3.52. The highest BCUT2D eigenvalue weighted by Gasteiger charge is 2.14. The lowest BCUT2D eigenvalue weighted by Crippen LogP contribution is -1.93. The van der Waals surface area contributed by atoms with Gasteiger partial charge < -0.3 is 0 Å². The molecule has 68 valence electrons. The molecule has 1 rings (SSSR count). The largest absolute Gasteiger partial charge is 0.298 e. The number of carbonyl (C=O) groups is 1. The summed E-state index contributed by atoms with van der Waals surface area (Å²) in [5, 5.41) is 9.81. The number of halogens is 2. The van der Waals surface area contributed by atoms with Crippen LogP contribution in [0.25, 0.3) is 0 Å². The Morgan fingerprint density at radius 1 is 1.54 bits per heavy atom. The zero-order chi connectivity index (χ0) is 10.0. The van der Waals surface area contributed by atoms with E-state index in [1.54, 1.807) is 0 Å². The average Bonchev–Trinajstić information content (AvgIpc) is 2.09. The monoisotopic (exact) mass is 203 g/mol. The fourth-order valence-corrected chi connectivity index (χ4v) is 0.940. The first-order valence-electron chi connectivity index (χ1n) is 3.15. The van der Waals surface area contributed by atoms with E-state index in [2.05, 4.69) is 0 Å². The highest BCUT2D eigenvalue weighted by molar-refractivity contribution is 6.33. The molecule has 0 N–H and O–H groups in total. The highest BCUT2D eigenvalue weighted by atomic mass is 35.5. The van der Waals surface area contributed by atoms with Crippen LogP contribution in [-0.2, 0) is 0 Å². The van der Waals surface area contributed by atoms with Gasteiger partial charge in [-0.1, -0.05) is 11.6 Å². The van der Waals surface area contributed by atoms with Gasteiger partial charge in [-0.25, -0.2) is 4.39 Å². The number of nitro benzene ring substituents is 1. The van der Waals surface area contributed by atoms with E-state index in [0.29, 0.717) is 6.07 Å². The van der Waals surface area contributed by atoms with Gasteiger partial charge in [0.2, 0.25) is 0 Å². The van der Waals surface area contributed by atoms with Crippen molar-refractivity contribution in [3.05, 3.63) is 38.7 Å². The van der Waals surface area contributed by atoms with Gasteiger partial charge in [-0.2, -0.15) is 0 Å². The molecule has 0 bridgehead atoms. The zero-order valence-electron chi connectivity index (χ0n) is 6.16. The maximum absolute atomic E-state index is 12.8. The summed E-state index contributed by atoms with van der Waals surface area (Å²) in [5.74, 6) is -0.974. The number of hydrogen-bond donors (Lipinski definition) is 0. The third-order valence-electron chi connectivity index (χ3n) is 1.38. The second-order valence-electron chi connectivity index (χ2n) is 2.21. The molecule has 0 fully saturated rings. The molecule has 1 aromatic carbocycles. The maximum atomic E-state index is 12.8. The number of aldehydes is 1. The van der Waals surface area contributed by atoms with Crippen LogP contribution in [0.2, 0.25) is 5.02 Å². The van der Waals surface area contributed by atoms with Gasteiger partial charge in [0.1, 0.15) is 5.82 Å². The molecule has 6 heteroatoms. The molecule has 0 saturated heterocycles. The lowest BCUT2D eigenvalue weighted by atomic mass is 10.2. The van der Waals surface area contributed by atoms with Gasteiger partial charge in [-0.05, 0) is 0 Å². The minimum absolute atomic E-state index is 0.228.